The van der Waals surface area contributed by atoms with Gasteiger partial charge in [-0.3, -0.25) is 14.5 Å². The van der Waals surface area contributed by atoms with E-state index < -0.39 is 17.7 Å². The molecule has 1 saturated heterocycles. The van der Waals surface area contributed by atoms with E-state index in [-0.39, 0.29) is 22.8 Å². The first-order chi connectivity index (χ1) is 17.7. The lowest BCUT2D eigenvalue weighted by Crippen LogP contribution is -2.29. The van der Waals surface area contributed by atoms with E-state index >= 15 is 0 Å². The molecule has 0 spiro atoms. The molecule has 0 unspecified atom stereocenters. The number of aromatic nitrogens is 1. The number of carbonyl (C=O) groups excluding carboxylic acids is 2. The lowest BCUT2D eigenvalue weighted by Gasteiger charge is -2.23. The normalized spacial score (nSPS) is 17.0. The zero-order chi connectivity index (χ0) is 26.4. The van der Waals surface area contributed by atoms with Crippen LogP contribution in [-0.4, -0.2) is 41.1 Å². The SMILES string of the molecule is COc1cccc(C(O)=C2C(=O)C(=O)N(c3nc4c(C)cc(C)cc4s3)[C@H]2c2ccc(O)c(OC)c2)c1. The van der Waals surface area contributed by atoms with Crippen molar-refractivity contribution in [2.75, 3.05) is 19.1 Å². The van der Waals surface area contributed by atoms with E-state index in [2.05, 4.69) is 0 Å². The largest absolute Gasteiger partial charge is 0.507 e. The van der Waals surface area contributed by atoms with Crippen molar-refractivity contribution in [2.45, 2.75) is 19.9 Å². The number of ether oxygens (including phenoxy) is 2. The molecule has 0 bridgehead atoms. The number of aryl methyl sites for hydroxylation is 2. The number of hydrogen-bond acceptors (Lipinski definition) is 8. The second-order valence-corrected chi connectivity index (χ2v) is 9.77. The van der Waals surface area contributed by atoms with Crippen molar-refractivity contribution >= 4 is 44.1 Å². The van der Waals surface area contributed by atoms with Gasteiger partial charge in [-0.25, -0.2) is 4.98 Å². The molecule has 3 aromatic carbocycles. The monoisotopic (exact) mass is 516 g/mol. The van der Waals surface area contributed by atoms with Crippen molar-refractivity contribution in [1.29, 1.82) is 0 Å². The highest BCUT2D eigenvalue weighted by atomic mass is 32.1. The van der Waals surface area contributed by atoms with Gasteiger partial charge in [0.1, 0.15) is 11.5 Å². The highest BCUT2D eigenvalue weighted by Crippen LogP contribution is 2.46. The van der Waals surface area contributed by atoms with Crippen LogP contribution in [0.4, 0.5) is 5.13 Å². The molecule has 8 nitrogen and oxygen atoms in total. The molecule has 1 aliphatic rings. The van der Waals surface area contributed by atoms with Crippen molar-refractivity contribution in [3.8, 4) is 17.2 Å². The Morgan fingerprint density at radius 3 is 2.54 bits per heavy atom. The fraction of sp³-hybridized carbons (Fsp3) is 0.179. The van der Waals surface area contributed by atoms with Gasteiger partial charge in [0.15, 0.2) is 16.6 Å². The Labute approximate surface area is 217 Å². The topological polar surface area (TPSA) is 109 Å². The van der Waals surface area contributed by atoms with Crippen LogP contribution >= 0.6 is 11.3 Å². The number of Topliss-reactive ketones (excluding diaryl/α,β-unsaturated/α-hetero) is 1. The molecule has 1 fully saturated rings. The minimum absolute atomic E-state index is 0.0953. The molecule has 0 aliphatic carbocycles. The Morgan fingerprint density at radius 1 is 1.03 bits per heavy atom. The number of anilines is 1. The molecule has 9 heteroatoms. The van der Waals surface area contributed by atoms with Crippen LogP contribution in [0.25, 0.3) is 16.0 Å². The van der Waals surface area contributed by atoms with Crippen LogP contribution in [0.3, 0.4) is 0 Å². The molecule has 0 radical (unpaired) electrons. The second-order valence-electron chi connectivity index (χ2n) is 8.76. The number of ketones is 1. The third-order valence-corrected chi connectivity index (χ3v) is 7.33. The van der Waals surface area contributed by atoms with Gasteiger partial charge in [0.2, 0.25) is 0 Å². The molecular weight excluding hydrogens is 492 g/mol. The number of rotatable bonds is 5. The number of aliphatic hydroxyl groups excluding tert-OH is 1. The predicted molar refractivity (Wildman–Crippen MR) is 142 cm³/mol. The number of hydrogen-bond donors (Lipinski definition) is 2. The molecular formula is C28H24N2O6S. The number of aliphatic hydroxyl groups is 1. The smallest absolute Gasteiger partial charge is 0.301 e. The van der Waals surface area contributed by atoms with E-state index in [0.29, 0.717) is 22.0 Å². The van der Waals surface area contributed by atoms with Crippen LogP contribution in [0.15, 0.2) is 60.2 Å². The fourth-order valence-corrected chi connectivity index (χ4v) is 5.77. The van der Waals surface area contributed by atoms with Crippen LogP contribution in [0, 0.1) is 13.8 Å². The number of carbonyl (C=O) groups is 2. The summed E-state index contributed by atoms with van der Waals surface area (Å²) in [5.41, 5.74) is 3.43. The molecule has 2 N–H and O–H groups in total. The number of aromatic hydroxyl groups is 1. The minimum Gasteiger partial charge on any atom is -0.507 e. The van der Waals surface area contributed by atoms with Crippen LogP contribution in [0.2, 0.25) is 0 Å². The van der Waals surface area contributed by atoms with Gasteiger partial charge in [0, 0.05) is 5.56 Å². The van der Waals surface area contributed by atoms with Gasteiger partial charge >= 0.3 is 5.91 Å². The van der Waals surface area contributed by atoms with Crippen molar-refractivity contribution in [3.05, 3.63) is 82.4 Å². The zero-order valence-corrected chi connectivity index (χ0v) is 21.4. The van der Waals surface area contributed by atoms with Crippen LogP contribution < -0.4 is 14.4 Å². The number of fused-ring (bicyclic) bond motifs is 1. The van der Waals surface area contributed by atoms with E-state index in [9.17, 15) is 19.8 Å². The summed E-state index contributed by atoms with van der Waals surface area (Å²) < 4.78 is 11.4. The van der Waals surface area contributed by atoms with Crippen LogP contribution in [-0.2, 0) is 9.59 Å². The van der Waals surface area contributed by atoms with Gasteiger partial charge < -0.3 is 19.7 Å². The van der Waals surface area contributed by atoms with Crippen molar-refractivity contribution in [3.63, 3.8) is 0 Å². The molecule has 37 heavy (non-hydrogen) atoms. The van der Waals surface area contributed by atoms with Crippen LogP contribution in [0.1, 0.15) is 28.3 Å². The molecule has 188 valence electrons. The Kier molecular flexibility index (Phi) is 6.08. The lowest BCUT2D eigenvalue weighted by molar-refractivity contribution is -0.132. The third-order valence-electron chi connectivity index (χ3n) is 6.33. The van der Waals surface area contributed by atoms with Gasteiger partial charge in [-0.15, -0.1) is 0 Å². The number of phenolic OH excluding ortho intramolecular Hbond substituents is 1. The van der Waals surface area contributed by atoms with E-state index in [4.69, 9.17) is 14.5 Å². The number of amides is 1. The summed E-state index contributed by atoms with van der Waals surface area (Å²) >= 11 is 1.29. The van der Waals surface area contributed by atoms with Gasteiger partial charge in [-0.1, -0.05) is 35.6 Å². The minimum atomic E-state index is -1.01. The molecule has 4 aromatic rings. The predicted octanol–water partition coefficient (Wildman–Crippen LogP) is 5.26. The van der Waals surface area contributed by atoms with E-state index in [0.717, 1.165) is 21.3 Å². The van der Waals surface area contributed by atoms with Crippen molar-refractivity contribution < 1.29 is 29.3 Å². The molecule has 0 saturated carbocycles. The lowest BCUT2D eigenvalue weighted by atomic mass is 9.95. The highest BCUT2D eigenvalue weighted by Gasteiger charge is 2.48. The molecule has 1 amide bonds. The summed E-state index contributed by atoms with van der Waals surface area (Å²) in [4.78, 5) is 33.0. The van der Waals surface area contributed by atoms with Crippen LogP contribution in [0.5, 0.6) is 17.2 Å². The molecule has 1 aliphatic heterocycles. The van der Waals surface area contributed by atoms with Gasteiger partial charge in [-0.05, 0) is 60.9 Å². The Bertz CT molecular complexity index is 1610. The first-order valence-corrected chi connectivity index (χ1v) is 12.2. The van der Waals surface area contributed by atoms with Gasteiger partial charge in [0.25, 0.3) is 5.78 Å². The number of methoxy groups -OCH3 is 2. The summed E-state index contributed by atoms with van der Waals surface area (Å²) in [6.45, 7) is 3.92. The van der Waals surface area contributed by atoms with Gasteiger partial charge in [-0.2, -0.15) is 0 Å². The summed E-state index contributed by atoms with van der Waals surface area (Å²) in [5, 5.41) is 21.8. The maximum atomic E-state index is 13.5. The second kappa shape index (κ2) is 9.25. The first kappa shape index (κ1) is 24.3. The molecule has 1 aromatic heterocycles. The number of nitrogens with zero attached hydrogens (tertiary/aromatic N) is 2. The maximum absolute atomic E-state index is 13.5. The average Bonchev–Trinajstić information content (AvgIpc) is 3.42. The van der Waals surface area contributed by atoms with Gasteiger partial charge in [0.05, 0.1) is 36.1 Å². The Balaban J connectivity index is 1.76. The van der Waals surface area contributed by atoms with E-state index in [1.165, 1.54) is 36.5 Å². The summed E-state index contributed by atoms with van der Waals surface area (Å²) in [6, 6.07) is 14.1. The number of thiazole rings is 1. The van der Waals surface area contributed by atoms with Crippen molar-refractivity contribution in [1.82, 2.24) is 4.98 Å². The standard InChI is InChI=1S/C28H24N2O6S/c1-14-10-15(2)23-21(11-14)37-28(29-23)30-24(16-8-9-19(31)20(13-16)36-4)22(26(33)27(30)34)25(32)17-6-5-7-18(12-17)35-3/h5-13,24,31-32H,1-4H3/t24-/m0/s1. The Hall–Kier alpha value is -4.37. The zero-order valence-electron chi connectivity index (χ0n) is 20.6. The number of phenols is 1. The first-order valence-electron chi connectivity index (χ1n) is 11.4. The fourth-order valence-electron chi connectivity index (χ4n) is 4.60. The Morgan fingerprint density at radius 2 is 1.81 bits per heavy atom. The van der Waals surface area contributed by atoms with E-state index in [1.54, 1.807) is 36.4 Å². The summed E-state index contributed by atoms with van der Waals surface area (Å²) in [5.74, 6) is -1.44. The van der Waals surface area contributed by atoms with E-state index in [1.807, 2.05) is 26.0 Å². The quantitative estimate of drug-likeness (QED) is 0.211. The maximum Gasteiger partial charge on any atom is 0.301 e. The van der Waals surface area contributed by atoms with Crippen molar-refractivity contribution in [2.24, 2.45) is 0 Å². The summed E-state index contributed by atoms with van der Waals surface area (Å²) in [6.07, 6.45) is 0. The molecule has 5 rings (SSSR count). The highest BCUT2D eigenvalue weighted by molar-refractivity contribution is 7.22. The summed E-state index contributed by atoms with van der Waals surface area (Å²) in [7, 11) is 2.91. The molecule has 2 heterocycles. The number of benzene rings is 3. The molecule has 1 atom stereocenters. The third kappa shape index (κ3) is 4.07. The average molecular weight is 517 g/mol.